The number of carbonyl (C=O) groups is 3. The van der Waals surface area contributed by atoms with Crippen molar-refractivity contribution in [3.05, 3.63) is 27.8 Å². The number of nitrogens with one attached hydrogen (secondary N) is 1. The van der Waals surface area contributed by atoms with E-state index in [1.165, 1.54) is 56.2 Å². The van der Waals surface area contributed by atoms with Crippen LogP contribution in [-0.2, 0) is 21.4 Å². The summed E-state index contributed by atoms with van der Waals surface area (Å²) in [5, 5.41) is 27.4. The molecule has 4 N–H and O–H groups in total. The first-order valence-electron chi connectivity index (χ1n) is 9.32. The fourth-order valence-electron chi connectivity index (χ4n) is 3.27. The molecule has 0 spiro atoms. The minimum Gasteiger partial charge on any atom is -0.477 e. The lowest BCUT2D eigenvalue weighted by Gasteiger charge is -2.49. The molecule has 174 valence electrons. The van der Waals surface area contributed by atoms with Crippen molar-refractivity contribution < 1.29 is 19.5 Å². The van der Waals surface area contributed by atoms with Crippen LogP contribution in [0.5, 0.6) is 0 Å². The van der Waals surface area contributed by atoms with E-state index < -0.39 is 29.2 Å². The van der Waals surface area contributed by atoms with Gasteiger partial charge < -0.3 is 16.2 Å². The van der Waals surface area contributed by atoms with Crippen molar-refractivity contribution in [2.45, 2.75) is 16.6 Å². The number of thioether (sulfide) groups is 3. The number of aliphatic carboxylic acids is 1. The largest absolute Gasteiger partial charge is 0.477 e. The van der Waals surface area contributed by atoms with Gasteiger partial charge in [0.25, 0.3) is 11.8 Å². The number of thiazole rings is 1. The number of rotatable bonds is 8. The number of nitrogen functional groups attached to an aromatic ring is 1. The molecule has 0 radical (unpaired) electrons. The number of carbonyl (C=O) groups excluding carboxylic acids is 2. The Kier molecular flexibility index (Phi) is 6.96. The minimum absolute atomic E-state index is 0.0518. The van der Waals surface area contributed by atoms with Crippen molar-refractivity contribution in [2.24, 2.45) is 7.05 Å². The average Bonchev–Trinajstić information content (AvgIpc) is 3.40. The third-order valence-electron chi connectivity index (χ3n) is 4.77. The van der Waals surface area contributed by atoms with Gasteiger partial charge in [0, 0.05) is 23.9 Å². The number of carboxylic acid groups (broad SMARTS) is 1. The zero-order valence-corrected chi connectivity index (χ0v) is 20.6. The summed E-state index contributed by atoms with van der Waals surface area (Å²) in [4.78, 5) is 43.2. The lowest BCUT2D eigenvalue weighted by molar-refractivity contribution is -0.150. The molecule has 0 aromatic carbocycles. The van der Waals surface area contributed by atoms with E-state index in [9.17, 15) is 19.5 Å². The molecule has 4 heterocycles. The second-order valence-electron chi connectivity index (χ2n) is 6.83. The Hall–Kier alpha value is -2.56. The lowest BCUT2D eigenvalue weighted by Crippen LogP contribution is -2.70. The van der Waals surface area contributed by atoms with Gasteiger partial charge in [-0.2, -0.15) is 0 Å². The van der Waals surface area contributed by atoms with E-state index in [1.807, 2.05) is 0 Å². The average molecular weight is 527 g/mol. The van der Waals surface area contributed by atoms with Crippen molar-refractivity contribution in [1.82, 2.24) is 35.4 Å². The van der Waals surface area contributed by atoms with Gasteiger partial charge in [0.05, 0.1) is 11.3 Å². The maximum Gasteiger partial charge on any atom is 0.352 e. The standard InChI is InChI=1S/C17H18N8O4S4/c1-24-17(21-22-23-24)33-4-7-3-31-14-10(13(27)25(14)11(7)15(28)29)20-12(26)8(5-30-2)9-6-32-16(18)19-9/h5-6,10,14H,3-4H2,1-2H3,(H2,18,19)(H,20,26)(H,28,29)/t10?,14-/m0/s1. The van der Waals surface area contributed by atoms with Gasteiger partial charge in [0.2, 0.25) is 5.16 Å². The van der Waals surface area contributed by atoms with E-state index in [1.54, 1.807) is 24.1 Å². The van der Waals surface area contributed by atoms with E-state index in [2.05, 4.69) is 25.8 Å². The third kappa shape index (κ3) is 4.60. The molecule has 2 aliphatic rings. The number of aromatic nitrogens is 5. The number of carboxylic acids is 1. The van der Waals surface area contributed by atoms with Crippen LogP contribution < -0.4 is 11.1 Å². The van der Waals surface area contributed by atoms with Crippen LogP contribution in [0.25, 0.3) is 5.57 Å². The number of fused-ring (bicyclic) bond motifs is 1. The van der Waals surface area contributed by atoms with Gasteiger partial charge in [-0.1, -0.05) is 11.8 Å². The molecule has 1 saturated heterocycles. The Balaban J connectivity index is 1.49. The second-order valence-corrected chi connectivity index (χ2v) is 10.5. The highest BCUT2D eigenvalue weighted by atomic mass is 32.2. The highest BCUT2D eigenvalue weighted by molar-refractivity contribution is 8.01. The van der Waals surface area contributed by atoms with Crippen LogP contribution >= 0.6 is 46.6 Å². The molecule has 0 bridgehead atoms. The quantitative estimate of drug-likeness (QED) is 0.247. The highest BCUT2D eigenvalue weighted by Gasteiger charge is 2.54. The lowest BCUT2D eigenvalue weighted by atomic mass is 10.0. The van der Waals surface area contributed by atoms with Crippen LogP contribution in [0.4, 0.5) is 5.13 Å². The fourth-order valence-corrected chi connectivity index (χ4v) is 6.63. The van der Waals surface area contributed by atoms with Crippen molar-refractivity contribution >= 4 is 75.1 Å². The van der Waals surface area contributed by atoms with Crippen LogP contribution in [0.15, 0.2) is 27.2 Å². The Labute approximate surface area is 204 Å². The van der Waals surface area contributed by atoms with Gasteiger partial charge in [0.15, 0.2) is 5.13 Å². The molecule has 2 atom stereocenters. The first-order valence-corrected chi connectivity index (χ1v) is 13.5. The molecule has 12 nitrogen and oxygen atoms in total. The molecule has 16 heteroatoms. The van der Waals surface area contributed by atoms with Gasteiger partial charge >= 0.3 is 5.97 Å². The molecular formula is C17H18N8O4S4. The van der Waals surface area contributed by atoms with Gasteiger partial charge in [-0.3, -0.25) is 14.5 Å². The molecular weight excluding hydrogens is 509 g/mol. The van der Waals surface area contributed by atoms with E-state index >= 15 is 0 Å². The molecule has 33 heavy (non-hydrogen) atoms. The Morgan fingerprint density at radius 2 is 2.24 bits per heavy atom. The van der Waals surface area contributed by atoms with E-state index in [0.29, 0.717) is 38.6 Å². The molecule has 1 fully saturated rings. The summed E-state index contributed by atoms with van der Waals surface area (Å²) in [6.45, 7) is 0. The number of hydrogen-bond donors (Lipinski definition) is 3. The summed E-state index contributed by atoms with van der Waals surface area (Å²) in [6, 6.07) is -0.838. The van der Waals surface area contributed by atoms with E-state index in [4.69, 9.17) is 5.73 Å². The molecule has 0 aliphatic carbocycles. The zero-order valence-electron chi connectivity index (χ0n) is 17.3. The van der Waals surface area contributed by atoms with Crippen LogP contribution in [0.2, 0.25) is 0 Å². The second kappa shape index (κ2) is 9.74. The summed E-state index contributed by atoms with van der Waals surface area (Å²) in [7, 11) is 1.69. The van der Waals surface area contributed by atoms with Crippen LogP contribution in [-0.4, -0.2) is 82.2 Å². The molecule has 2 aromatic heterocycles. The number of aryl methyl sites for hydroxylation is 1. The monoisotopic (exact) mass is 526 g/mol. The number of nitrogens with zero attached hydrogens (tertiary/aromatic N) is 6. The summed E-state index contributed by atoms with van der Waals surface area (Å²) in [5.41, 5.74) is 6.95. The molecule has 4 rings (SSSR count). The van der Waals surface area contributed by atoms with Gasteiger partial charge in [0.1, 0.15) is 17.1 Å². The van der Waals surface area contributed by atoms with Crippen molar-refractivity contribution in [2.75, 3.05) is 23.5 Å². The van der Waals surface area contributed by atoms with Crippen molar-refractivity contribution in [1.29, 1.82) is 0 Å². The SMILES string of the molecule is CSC=C(C(=O)NC1C(=O)N2C(C(=O)O)=C(CSc3nnnn3C)CS[C@@H]12)c1csc(N)n1. The molecule has 2 aromatic rings. The third-order valence-corrected chi connectivity index (χ3v) is 8.35. The summed E-state index contributed by atoms with van der Waals surface area (Å²) in [5.74, 6) is -1.41. The number of β-lactam (4-membered cyclic amide) rings is 1. The van der Waals surface area contributed by atoms with Gasteiger partial charge in [-0.05, 0) is 27.7 Å². The molecule has 1 unspecified atom stereocenters. The Bertz CT molecular complexity index is 1180. The summed E-state index contributed by atoms with van der Waals surface area (Å²) in [6.07, 6.45) is 1.80. The maximum absolute atomic E-state index is 12.9. The Morgan fingerprint density at radius 1 is 1.45 bits per heavy atom. The first-order chi connectivity index (χ1) is 15.8. The van der Waals surface area contributed by atoms with Crippen molar-refractivity contribution in [3.8, 4) is 0 Å². The summed E-state index contributed by atoms with van der Waals surface area (Å²) < 4.78 is 1.49. The maximum atomic E-state index is 12.9. The normalized spacial score (nSPS) is 20.5. The van der Waals surface area contributed by atoms with Crippen LogP contribution in [0.1, 0.15) is 5.69 Å². The fraction of sp³-hybridized carbons (Fsp3) is 0.353. The predicted molar refractivity (Wildman–Crippen MR) is 127 cm³/mol. The Morgan fingerprint density at radius 3 is 2.85 bits per heavy atom. The van der Waals surface area contributed by atoms with E-state index in [0.717, 1.165) is 0 Å². The van der Waals surface area contributed by atoms with Gasteiger partial charge in [-0.15, -0.1) is 40.0 Å². The molecule has 2 aliphatic heterocycles. The first kappa shape index (κ1) is 23.6. The highest BCUT2D eigenvalue weighted by Crippen LogP contribution is 2.41. The van der Waals surface area contributed by atoms with Crippen molar-refractivity contribution in [3.63, 3.8) is 0 Å². The number of anilines is 1. The number of nitrogens with two attached hydrogens (primary N) is 1. The number of tetrazole rings is 1. The van der Waals surface area contributed by atoms with Gasteiger partial charge in [-0.25, -0.2) is 14.5 Å². The van der Waals surface area contributed by atoms with E-state index in [-0.39, 0.29) is 5.70 Å². The minimum atomic E-state index is -1.19. The number of amides is 2. The summed E-state index contributed by atoms with van der Waals surface area (Å²) >= 11 is 5.23. The smallest absolute Gasteiger partial charge is 0.352 e. The molecule has 0 saturated carbocycles. The zero-order chi connectivity index (χ0) is 23.7. The molecule has 2 amide bonds. The number of hydrogen-bond acceptors (Lipinski definition) is 12. The topological polar surface area (TPSA) is 169 Å². The van der Waals surface area contributed by atoms with Crippen LogP contribution in [0.3, 0.4) is 0 Å². The predicted octanol–water partition coefficient (Wildman–Crippen LogP) is 0.484. The van der Waals surface area contributed by atoms with Crippen LogP contribution in [0, 0.1) is 0 Å².